The van der Waals surface area contributed by atoms with Gasteiger partial charge >= 0.3 is 6.16 Å². The number of carbonyl (C=O) groups is 1. The number of carbonyl (C=O) groups excluding carboxylic acids is 1. The first-order chi connectivity index (χ1) is 9.28. The Kier molecular flexibility index (Phi) is 5.24. The van der Waals surface area contributed by atoms with Crippen molar-refractivity contribution in [3.05, 3.63) is 28.4 Å². The van der Waals surface area contributed by atoms with Gasteiger partial charge in [0.25, 0.3) is 5.69 Å². The molecule has 0 spiro atoms. The first-order valence-electron chi connectivity index (χ1n) is 5.98. The Morgan fingerprint density at radius 2 is 2.15 bits per heavy atom. The highest BCUT2D eigenvalue weighted by atomic mass is 16.7. The van der Waals surface area contributed by atoms with E-state index >= 15 is 0 Å². The molecule has 0 aliphatic heterocycles. The molecule has 0 amide bonds. The summed E-state index contributed by atoms with van der Waals surface area (Å²) >= 11 is 0. The maximum absolute atomic E-state index is 11.2. The molecule has 8 heteroatoms. The van der Waals surface area contributed by atoms with Gasteiger partial charge in [-0.3, -0.25) is 10.1 Å². The van der Waals surface area contributed by atoms with Gasteiger partial charge in [-0.1, -0.05) is 0 Å². The van der Waals surface area contributed by atoms with Gasteiger partial charge in [0.1, 0.15) is 24.2 Å². The molecule has 20 heavy (non-hydrogen) atoms. The minimum Gasteiger partial charge on any atom is -0.432 e. The number of anilines is 1. The van der Waals surface area contributed by atoms with Crippen molar-refractivity contribution in [1.82, 2.24) is 4.98 Å². The van der Waals surface area contributed by atoms with Gasteiger partial charge in [0, 0.05) is 6.07 Å². The van der Waals surface area contributed by atoms with Crippen molar-refractivity contribution in [2.75, 3.05) is 18.5 Å². The standard InChI is InChI=1S/C12H17N3O5/c1-12(2,3)20-11(16)19-7-6-13-10-5-4-9(8-14-10)15(17)18/h4-5,8H,6-7H2,1-3H3,(H,13,14). The van der Waals surface area contributed by atoms with Gasteiger partial charge in [0.05, 0.1) is 11.5 Å². The van der Waals surface area contributed by atoms with Crippen LogP contribution in [0.4, 0.5) is 16.3 Å². The van der Waals surface area contributed by atoms with Crippen molar-refractivity contribution in [3.8, 4) is 0 Å². The molecule has 0 fully saturated rings. The average Bonchev–Trinajstić information content (AvgIpc) is 2.33. The van der Waals surface area contributed by atoms with E-state index in [4.69, 9.17) is 9.47 Å². The fourth-order valence-electron chi connectivity index (χ4n) is 1.19. The van der Waals surface area contributed by atoms with Gasteiger partial charge < -0.3 is 14.8 Å². The predicted octanol–water partition coefficient (Wildman–Crippen LogP) is 2.35. The van der Waals surface area contributed by atoms with E-state index in [1.807, 2.05) is 0 Å². The molecule has 0 bridgehead atoms. The number of hydrogen-bond acceptors (Lipinski definition) is 7. The van der Waals surface area contributed by atoms with Gasteiger partial charge in [-0.25, -0.2) is 9.78 Å². The van der Waals surface area contributed by atoms with Crippen molar-refractivity contribution < 1.29 is 19.2 Å². The van der Waals surface area contributed by atoms with Crippen molar-refractivity contribution >= 4 is 17.7 Å². The van der Waals surface area contributed by atoms with Crippen LogP contribution < -0.4 is 5.32 Å². The smallest absolute Gasteiger partial charge is 0.432 e. The molecule has 0 saturated carbocycles. The molecular weight excluding hydrogens is 266 g/mol. The normalized spacial score (nSPS) is 10.8. The number of hydrogen-bond donors (Lipinski definition) is 1. The van der Waals surface area contributed by atoms with Crippen LogP contribution in [0, 0.1) is 10.1 Å². The molecule has 110 valence electrons. The Labute approximate surface area is 116 Å². The lowest BCUT2D eigenvalue weighted by atomic mass is 10.2. The van der Waals surface area contributed by atoms with Gasteiger partial charge in [-0.15, -0.1) is 0 Å². The van der Waals surface area contributed by atoms with E-state index in [9.17, 15) is 14.9 Å². The zero-order valence-electron chi connectivity index (χ0n) is 11.6. The maximum Gasteiger partial charge on any atom is 0.508 e. The summed E-state index contributed by atoms with van der Waals surface area (Å²) in [5.41, 5.74) is -0.676. The zero-order valence-corrected chi connectivity index (χ0v) is 11.6. The second kappa shape index (κ2) is 6.69. The highest BCUT2D eigenvalue weighted by Crippen LogP contribution is 2.11. The summed E-state index contributed by atoms with van der Waals surface area (Å²) in [6.45, 7) is 5.66. The Morgan fingerprint density at radius 1 is 1.45 bits per heavy atom. The van der Waals surface area contributed by atoms with Crippen LogP contribution in [0.5, 0.6) is 0 Å². The topological polar surface area (TPSA) is 104 Å². The molecular formula is C12H17N3O5. The Morgan fingerprint density at radius 3 is 2.65 bits per heavy atom. The minimum atomic E-state index is -0.740. The van der Waals surface area contributed by atoms with Gasteiger partial charge in [-0.2, -0.15) is 0 Å². The van der Waals surface area contributed by atoms with Gasteiger partial charge in [0.15, 0.2) is 0 Å². The Hall–Kier alpha value is -2.38. The highest BCUT2D eigenvalue weighted by Gasteiger charge is 2.17. The summed E-state index contributed by atoms with van der Waals surface area (Å²) in [7, 11) is 0. The lowest BCUT2D eigenvalue weighted by Gasteiger charge is -2.18. The molecule has 0 unspecified atom stereocenters. The summed E-state index contributed by atoms with van der Waals surface area (Å²) in [5, 5.41) is 13.3. The second-order valence-corrected chi connectivity index (χ2v) is 4.90. The zero-order chi connectivity index (χ0) is 15.2. The van der Waals surface area contributed by atoms with Crippen LogP contribution in [0.2, 0.25) is 0 Å². The SMILES string of the molecule is CC(C)(C)OC(=O)OCCNc1ccc([N+](=O)[O-])cn1. The van der Waals surface area contributed by atoms with E-state index in [-0.39, 0.29) is 12.3 Å². The molecule has 8 nitrogen and oxygen atoms in total. The number of aromatic nitrogens is 1. The quantitative estimate of drug-likeness (QED) is 0.383. The van der Waals surface area contributed by atoms with Crippen LogP contribution in [0.3, 0.4) is 0 Å². The lowest BCUT2D eigenvalue weighted by Crippen LogP contribution is -2.25. The number of ether oxygens (including phenoxy) is 2. The Balaban J connectivity index is 2.27. The molecule has 0 aromatic carbocycles. The first kappa shape index (κ1) is 15.7. The van der Waals surface area contributed by atoms with Crippen LogP contribution in [0.25, 0.3) is 0 Å². The average molecular weight is 283 g/mol. The number of nitro groups is 1. The first-order valence-corrected chi connectivity index (χ1v) is 5.98. The number of rotatable bonds is 5. The van der Waals surface area contributed by atoms with E-state index in [1.165, 1.54) is 12.1 Å². The molecule has 0 aliphatic carbocycles. The third kappa shape index (κ3) is 5.98. The predicted molar refractivity (Wildman–Crippen MR) is 71.6 cm³/mol. The lowest BCUT2D eigenvalue weighted by molar-refractivity contribution is -0.385. The van der Waals surface area contributed by atoms with Crippen molar-refractivity contribution in [2.24, 2.45) is 0 Å². The molecule has 1 aromatic rings. The third-order valence-electron chi connectivity index (χ3n) is 1.98. The Bertz CT molecular complexity index is 467. The summed E-state index contributed by atoms with van der Waals surface area (Å²) in [6, 6.07) is 2.82. The molecule has 0 aliphatic rings. The molecule has 1 heterocycles. The fraction of sp³-hybridized carbons (Fsp3) is 0.500. The number of nitrogens with one attached hydrogen (secondary N) is 1. The van der Waals surface area contributed by atoms with Crippen molar-refractivity contribution in [2.45, 2.75) is 26.4 Å². The van der Waals surface area contributed by atoms with E-state index < -0.39 is 16.7 Å². The van der Waals surface area contributed by atoms with E-state index in [0.29, 0.717) is 12.4 Å². The van der Waals surface area contributed by atoms with E-state index in [2.05, 4.69) is 10.3 Å². The second-order valence-electron chi connectivity index (χ2n) is 4.90. The van der Waals surface area contributed by atoms with Crippen LogP contribution in [0.1, 0.15) is 20.8 Å². The van der Waals surface area contributed by atoms with Crippen LogP contribution >= 0.6 is 0 Å². The molecule has 0 radical (unpaired) electrons. The van der Waals surface area contributed by atoms with Crippen molar-refractivity contribution in [1.29, 1.82) is 0 Å². The maximum atomic E-state index is 11.2. The van der Waals surface area contributed by atoms with E-state index in [0.717, 1.165) is 6.20 Å². The van der Waals surface area contributed by atoms with Crippen molar-refractivity contribution in [3.63, 3.8) is 0 Å². The molecule has 1 aromatic heterocycles. The van der Waals surface area contributed by atoms with Gasteiger partial charge in [-0.05, 0) is 26.8 Å². The van der Waals surface area contributed by atoms with E-state index in [1.54, 1.807) is 20.8 Å². The van der Waals surface area contributed by atoms with Crippen LogP contribution in [-0.2, 0) is 9.47 Å². The molecule has 1 rings (SSSR count). The van der Waals surface area contributed by atoms with Crippen LogP contribution in [-0.4, -0.2) is 34.8 Å². The number of nitrogens with zero attached hydrogens (tertiary/aromatic N) is 2. The largest absolute Gasteiger partial charge is 0.508 e. The highest BCUT2D eigenvalue weighted by molar-refractivity contribution is 5.60. The molecule has 0 atom stereocenters. The summed E-state index contributed by atoms with van der Waals surface area (Å²) < 4.78 is 9.79. The minimum absolute atomic E-state index is 0.0828. The monoisotopic (exact) mass is 283 g/mol. The van der Waals surface area contributed by atoms with Gasteiger partial charge in [0.2, 0.25) is 0 Å². The summed E-state index contributed by atoms with van der Waals surface area (Å²) in [5.74, 6) is 0.461. The number of pyridine rings is 1. The third-order valence-corrected chi connectivity index (χ3v) is 1.98. The summed E-state index contributed by atoms with van der Waals surface area (Å²) in [4.78, 5) is 25.0. The summed E-state index contributed by atoms with van der Waals surface area (Å²) in [6.07, 6.45) is 0.410. The fourth-order valence-corrected chi connectivity index (χ4v) is 1.19. The molecule has 0 saturated heterocycles. The van der Waals surface area contributed by atoms with Crippen LogP contribution in [0.15, 0.2) is 18.3 Å². The molecule has 1 N–H and O–H groups in total.